The van der Waals surface area contributed by atoms with E-state index in [1.54, 1.807) is 25.1 Å². The Balaban J connectivity index is 1.99. The van der Waals surface area contributed by atoms with Crippen LogP contribution >= 0.6 is 0 Å². The number of hydrogen-bond acceptors (Lipinski definition) is 5. The van der Waals surface area contributed by atoms with Gasteiger partial charge in [-0.15, -0.1) is 0 Å². The smallest absolute Gasteiger partial charge is 0.421 e. The lowest BCUT2D eigenvalue weighted by Crippen LogP contribution is -2.23. The maximum atomic E-state index is 13.2. The van der Waals surface area contributed by atoms with E-state index in [4.69, 9.17) is 4.74 Å². The Morgan fingerprint density at radius 1 is 1.19 bits per heavy atom. The SMILES string of the molecule is Cc1cnc(OCc2c(C)cccc2-n2nnn(C)c2=O)c(C(F)(F)F)c1. The predicted octanol–water partition coefficient (Wildman–Crippen LogP) is 2.58. The van der Waals surface area contributed by atoms with Crippen LogP contribution in [0, 0.1) is 13.8 Å². The summed E-state index contributed by atoms with van der Waals surface area (Å²) in [6.07, 6.45) is -3.29. The van der Waals surface area contributed by atoms with Gasteiger partial charge in [-0.25, -0.2) is 9.78 Å². The maximum absolute atomic E-state index is 13.2. The number of aryl methyl sites for hydroxylation is 3. The van der Waals surface area contributed by atoms with Crippen LogP contribution in [0.25, 0.3) is 5.69 Å². The summed E-state index contributed by atoms with van der Waals surface area (Å²) >= 11 is 0. The van der Waals surface area contributed by atoms with Gasteiger partial charge >= 0.3 is 11.9 Å². The van der Waals surface area contributed by atoms with Crippen molar-refractivity contribution in [3.05, 3.63) is 63.2 Å². The van der Waals surface area contributed by atoms with E-state index in [1.807, 2.05) is 0 Å². The van der Waals surface area contributed by atoms with Gasteiger partial charge in [-0.05, 0) is 47.5 Å². The first-order valence-corrected chi connectivity index (χ1v) is 7.93. The molecular formula is C17H16F3N5O2. The lowest BCUT2D eigenvalue weighted by molar-refractivity contribution is -0.139. The van der Waals surface area contributed by atoms with Crippen molar-refractivity contribution in [3.8, 4) is 11.6 Å². The zero-order valence-corrected chi connectivity index (χ0v) is 14.8. The Kier molecular flexibility index (Phi) is 4.73. The van der Waals surface area contributed by atoms with Crippen LogP contribution in [0.2, 0.25) is 0 Å². The van der Waals surface area contributed by atoms with Gasteiger partial charge in [-0.2, -0.15) is 22.5 Å². The highest BCUT2D eigenvalue weighted by Crippen LogP contribution is 2.36. The fourth-order valence-corrected chi connectivity index (χ4v) is 2.55. The molecule has 0 N–H and O–H groups in total. The van der Waals surface area contributed by atoms with Gasteiger partial charge in [0.05, 0.1) is 5.69 Å². The number of hydrogen-bond donors (Lipinski definition) is 0. The molecule has 0 aliphatic carbocycles. The lowest BCUT2D eigenvalue weighted by Gasteiger charge is -2.16. The molecule has 3 aromatic rings. The monoisotopic (exact) mass is 379 g/mol. The van der Waals surface area contributed by atoms with Crippen molar-refractivity contribution in [1.29, 1.82) is 0 Å². The minimum atomic E-state index is -4.59. The van der Waals surface area contributed by atoms with Gasteiger partial charge < -0.3 is 4.74 Å². The highest BCUT2D eigenvalue weighted by molar-refractivity contribution is 5.45. The van der Waals surface area contributed by atoms with Crippen molar-refractivity contribution in [1.82, 2.24) is 24.8 Å². The number of ether oxygens (including phenoxy) is 1. The van der Waals surface area contributed by atoms with Crippen molar-refractivity contribution < 1.29 is 17.9 Å². The van der Waals surface area contributed by atoms with Crippen molar-refractivity contribution in [2.75, 3.05) is 0 Å². The number of pyridine rings is 1. The van der Waals surface area contributed by atoms with Crippen molar-refractivity contribution >= 4 is 0 Å². The van der Waals surface area contributed by atoms with E-state index in [0.717, 1.165) is 21.0 Å². The van der Waals surface area contributed by atoms with Crippen molar-refractivity contribution in [3.63, 3.8) is 0 Å². The van der Waals surface area contributed by atoms with Crippen molar-refractivity contribution in [2.24, 2.45) is 7.05 Å². The minimum absolute atomic E-state index is 0.218. The second-order valence-electron chi connectivity index (χ2n) is 6.02. The van der Waals surface area contributed by atoms with Crippen LogP contribution in [0.1, 0.15) is 22.3 Å². The first-order chi connectivity index (χ1) is 12.7. The molecule has 7 nitrogen and oxygen atoms in total. The summed E-state index contributed by atoms with van der Waals surface area (Å²) in [5, 5.41) is 7.43. The van der Waals surface area contributed by atoms with Crippen LogP contribution in [0.5, 0.6) is 5.88 Å². The molecule has 0 saturated heterocycles. The van der Waals surface area contributed by atoms with Crippen LogP contribution in [0.4, 0.5) is 13.2 Å². The van der Waals surface area contributed by atoms with E-state index in [0.29, 0.717) is 16.8 Å². The van der Waals surface area contributed by atoms with Gasteiger partial charge in [0, 0.05) is 18.8 Å². The number of tetrazole rings is 1. The van der Waals surface area contributed by atoms with Gasteiger partial charge in [0.15, 0.2) is 0 Å². The number of rotatable bonds is 4. The molecule has 3 rings (SSSR count). The quantitative estimate of drug-likeness (QED) is 0.697. The van der Waals surface area contributed by atoms with Gasteiger partial charge in [-0.1, -0.05) is 12.1 Å². The molecule has 1 aromatic carbocycles. The summed E-state index contributed by atoms with van der Waals surface area (Å²) in [5.74, 6) is -0.520. The number of halogens is 3. The number of benzene rings is 1. The molecule has 2 heterocycles. The van der Waals surface area contributed by atoms with Gasteiger partial charge in [0.2, 0.25) is 5.88 Å². The van der Waals surface area contributed by atoms with E-state index in [2.05, 4.69) is 15.4 Å². The third-order valence-electron chi connectivity index (χ3n) is 3.98. The van der Waals surface area contributed by atoms with Crippen LogP contribution in [0.15, 0.2) is 35.3 Å². The van der Waals surface area contributed by atoms with Gasteiger partial charge in [-0.3, -0.25) is 0 Å². The summed E-state index contributed by atoms with van der Waals surface area (Å²) in [4.78, 5) is 15.9. The number of alkyl halides is 3. The molecule has 0 amide bonds. The average Bonchev–Trinajstić information content (AvgIpc) is 2.93. The normalized spacial score (nSPS) is 11.6. The Morgan fingerprint density at radius 2 is 1.93 bits per heavy atom. The minimum Gasteiger partial charge on any atom is -0.472 e. The van der Waals surface area contributed by atoms with E-state index in [1.165, 1.54) is 20.2 Å². The molecule has 0 unspecified atom stereocenters. The first kappa shape index (κ1) is 18.6. The zero-order valence-electron chi connectivity index (χ0n) is 14.8. The molecule has 0 saturated carbocycles. The molecule has 0 radical (unpaired) electrons. The van der Waals surface area contributed by atoms with Crippen LogP contribution in [0.3, 0.4) is 0 Å². The van der Waals surface area contributed by atoms with Crippen LogP contribution < -0.4 is 10.4 Å². The van der Waals surface area contributed by atoms with E-state index < -0.39 is 23.3 Å². The third-order valence-corrected chi connectivity index (χ3v) is 3.98. The molecular weight excluding hydrogens is 363 g/mol. The fourth-order valence-electron chi connectivity index (χ4n) is 2.55. The Labute approximate surface area is 152 Å². The number of aromatic nitrogens is 5. The third kappa shape index (κ3) is 3.69. The second kappa shape index (κ2) is 6.86. The molecule has 0 bridgehead atoms. The molecule has 2 aromatic heterocycles. The van der Waals surface area contributed by atoms with E-state index >= 15 is 0 Å². The fraction of sp³-hybridized carbons (Fsp3) is 0.294. The number of nitrogens with zero attached hydrogens (tertiary/aromatic N) is 5. The topological polar surface area (TPSA) is 74.8 Å². The highest BCUT2D eigenvalue weighted by Gasteiger charge is 2.35. The molecule has 0 spiro atoms. The molecule has 0 atom stereocenters. The van der Waals surface area contributed by atoms with Gasteiger partial charge in [0.25, 0.3) is 0 Å². The Morgan fingerprint density at radius 3 is 2.56 bits per heavy atom. The Hall–Kier alpha value is -3.17. The summed E-state index contributed by atoms with van der Waals surface area (Å²) in [7, 11) is 1.45. The molecule has 27 heavy (non-hydrogen) atoms. The molecule has 0 aliphatic rings. The Bertz CT molecular complexity index is 1040. The standard InChI is InChI=1S/C17H16F3N5O2/c1-10-7-13(17(18,19)20)15(21-8-10)27-9-12-11(2)5-4-6-14(12)25-16(26)24(3)22-23-25/h4-8H,9H2,1-3H3. The summed E-state index contributed by atoms with van der Waals surface area (Å²) in [6.45, 7) is 3.06. The average molecular weight is 379 g/mol. The molecule has 142 valence electrons. The first-order valence-electron chi connectivity index (χ1n) is 7.93. The summed E-state index contributed by atoms with van der Waals surface area (Å²) < 4.78 is 47.3. The van der Waals surface area contributed by atoms with E-state index in [-0.39, 0.29) is 6.61 Å². The highest BCUT2D eigenvalue weighted by atomic mass is 19.4. The summed E-state index contributed by atoms with van der Waals surface area (Å²) in [5.41, 5.74) is 0.563. The lowest BCUT2D eigenvalue weighted by atomic mass is 10.1. The maximum Gasteiger partial charge on any atom is 0.421 e. The van der Waals surface area contributed by atoms with Gasteiger partial charge in [0.1, 0.15) is 12.2 Å². The van der Waals surface area contributed by atoms with Crippen LogP contribution in [-0.4, -0.2) is 24.8 Å². The molecule has 0 aliphatic heterocycles. The zero-order chi connectivity index (χ0) is 19.8. The van der Waals surface area contributed by atoms with E-state index in [9.17, 15) is 18.0 Å². The molecule has 0 fully saturated rings. The second-order valence-corrected chi connectivity index (χ2v) is 6.02. The predicted molar refractivity (Wildman–Crippen MR) is 89.6 cm³/mol. The van der Waals surface area contributed by atoms with Crippen LogP contribution in [-0.2, 0) is 19.8 Å². The molecule has 10 heteroatoms. The van der Waals surface area contributed by atoms with Crippen molar-refractivity contribution in [2.45, 2.75) is 26.6 Å². The summed E-state index contributed by atoms with van der Waals surface area (Å²) in [6, 6.07) is 6.07. The largest absolute Gasteiger partial charge is 0.472 e.